The Morgan fingerprint density at radius 1 is 1.17 bits per heavy atom. The molecule has 30 heavy (non-hydrogen) atoms. The lowest BCUT2D eigenvalue weighted by Gasteiger charge is -2.47. The number of carbonyl (C=O) groups is 1. The molecular formula is C19H31N7O3S. The summed E-state index contributed by atoms with van der Waals surface area (Å²) in [5.41, 5.74) is 0.842. The highest BCUT2D eigenvalue weighted by molar-refractivity contribution is 7.89. The normalized spacial score (nSPS) is 23.8. The van der Waals surface area contributed by atoms with Crippen LogP contribution in [0.3, 0.4) is 0 Å². The molecule has 3 aliphatic rings. The van der Waals surface area contributed by atoms with E-state index in [0.29, 0.717) is 18.5 Å². The van der Waals surface area contributed by atoms with Crippen LogP contribution in [-0.4, -0.2) is 101 Å². The molecule has 3 fully saturated rings. The molecule has 0 spiro atoms. The van der Waals surface area contributed by atoms with Crippen LogP contribution >= 0.6 is 0 Å². The Morgan fingerprint density at radius 2 is 1.83 bits per heavy atom. The molecule has 4 N–H and O–H groups in total. The van der Waals surface area contributed by atoms with E-state index in [1.807, 2.05) is 0 Å². The summed E-state index contributed by atoms with van der Waals surface area (Å²) < 4.78 is 22.8. The lowest BCUT2D eigenvalue weighted by molar-refractivity contribution is -0.127. The van der Waals surface area contributed by atoms with E-state index < -0.39 is 10.0 Å². The van der Waals surface area contributed by atoms with Crippen LogP contribution in [0.2, 0.25) is 0 Å². The average molecular weight is 438 g/mol. The van der Waals surface area contributed by atoms with Crippen molar-refractivity contribution in [2.45, 2.75) is 17.5 Å². The third-order valence-corrected chi connectivity index (χ3v) is 6.40. The van der Waals surface area contributed by atoms with E-state index in [2.05, 4.69) is 25.4 Å². The number of likely N-dealkylation sites (N-methyl/N-ethyl adjacent to an activating group) is 1. The number of rotatable bonds is 7. The predicted octanol–water partition coefficient (Wildman–Crippen LogP) is -1.54. The van der Waals surface area contributed by atoms with Crippen LogP contribution in [0.15, 0.2) is 34.2 Å². The van der Waals surface area contributed by atoms with Gasteiger partial charge in [0.15, 0.2) is 5.96 Å². The number of hydrogen-bond donors (Lipinski definition) is 3. The zero-order valence-electron chi connectivity index (χ0n) is 17.5. The first-order valence-corrected chi connectivity index (χ1v) is 11.6. The lowest BCUT2D eigenvalue weighted by Crippen LogP contribution is -2.64. The number of carbonyl (C=O) groups excluding carboxylic acids is 1. The van der Waals surface area contributed by atoms with E-state index in [-0.39, 0.29) is 17.3 Å². The molecule has 0 radical (unpaired) electrons. The van der Waals surface area contributed by atoms with Gasteiger partial charge in [-0.3, -0.25) is 14.6 Å². The van der Waals surface area contributed by atoms with Crippen LogP contribution in [0.25, 0.3) is 0 Å². The van der Waals surface area contributed by atoms with E-state index in [1.54, 1.807) is 26.2 Å². The van der Waals surface area contributed by atoms with Crippen LogP contribution in [-0.2, 0) is 21.4 Å². The molecule has 0 aromatic heterocycles. The van der Waals surface area contributed by atoms with Gasteiger partial charge >= 0.3 is 0 Å². The van der Waals surface area contributed by atoms with E-state index in [0.717, 1.165) is 44.8 Å². The van der Waals surface area contributed by atoms with Crippen molar-refractivity contribution in [2.24, 2.45) is 10.1 Å². The fraction of sp³-hybridized carbons (Fsp3) is 0.579. The summed E-state index contributed by atoms with van der Waals surface area (Å²) in [4.78, 5) is 23.1. The highest BCUT2D eigenvalue weighted by atomic mass is 32.2. The maximum Gasteiger partial charge on any atom is 0.241 e. The quantitative estimate of drug-likeness (QED) is 0.349. The highest BCUT2D eigenvalue weighted by Crippen LogP contribution is 2.15. The molecule has 0 saturated carbocycles. The third kappa shape index (κ3) is 6.14. The second kappa shape index (κ2) is 9.73. The summed E-state index contributed by atoms with van der Waals surface area (Å²) in [7, 11) is -0.294. The standard InChI is InChI=1S/C19H31N7O3S/c1-24(2)18(27)13-23-19(22-12-16-14-25-7-9-26(16)10-8-25)21-11-15-3-5-17(6-4-15)30(20,28)29/h3-6,16H,7-14H2,1-2H3,(H2,20,28,29)(H2,21,22,23). The van der Waals surface area contributed by atoms with Gasteiger partial charge in [-0.2, -0.15) is 0 Å². The molecule has 1 amide bonds. The van der Waals surface area contributed by atoms with E-state index >= 15 is 0 Å². The van der Waals surface area contributed by atoms with Crippen LogP contribution < -0.4 is 15.8 Å². The Balaban J connectivity index is 1.62. The largest absolute Gasteiger partial charge is 0.355 e. The molecule has 1 unspecified atom stereocenters. The molecule has 3 saturated heterocycles. The molecule has 4 rings (SSSR count). The number of amides is 1. The Kier molecular flexibility index (Phi) is 7.29. The second-order valence-electron chi connectivity index (χ2n) is 7.87. The third-order valence-electron chi connectivity index (χ3n) is 5.47. The molecule has 2 bridgehead atoms. The van der Waals surface area contributed by atoms with Crippen LogP contribution in [0.5, 0.6) is 0 Å². The number of hydrogen-bond acceptors (Lipinski definition) is 6. The zero-order valence-corrected chi connectivity index (χ0v) is 18.4. The number of piperazine rings is 3. The molecule has 166 valence electrons. The van der Waals surface area contributed by atoms with Crippen molar-refractivity contribution < 1.29 is 13.2 Å². The van der Waals surface area contributed by atoms with E-state index in [4.69, 9.17) is 5.14 Å². The zero-order chi connectivity index (χ0) is 21.7. The summed E-state index contributed by atoms with van der Waals surface area (Å²) in [6.07, 6.45) is 0. The number of benzene rings is 1. The Morgan fingerprint density at radius 3 is 2.37 bits per heavy atom. The molecule has 10 nitrogen and oxygen atoms in total. The SMILES string of the molecule is CN(C)C(=O)CNC(=NCc1ccc(S(N)(=O)=O)cc1)NCC1CN2CCN1CC2. The van der Waals surface area contributed by atoms with Gasteiger partial charge in [-0.05, 0) is 17.7 Å². The van der Waals surface area contributed by atoms with Crippen molar-refractivity contribution in [1.29, 1.82) is 0 Å². The van der Waals surface area contributed by atoms with Gasteiger partial charge < -0.3 is 15.5 Å². The fourth-order valence-electron chi connectivity index (χ4n) is 3.58. The van der Waals surface area contributed by atoms with Gasteiger partial charge in [-0.15, -0.1) is 0 Å². The van der Waals surface area contributed by atoms with Gasteiger partial charge in [0.05, 0.1) is 18.0 Å². The number of primary sulfonamides is 1. The smallest absolute Gasteiger partial charge is 0.241 e. The molecule has 1 aromatic carbocycles. The maximum absolute atomic E-state index is 12.0. The first-order chi connectivity index (χ1) is 14.2. The molecule has 11 heteroatoms. The minimum absolute atomic E-state index is 0.0476. The van der Waals surface area contributed by atoms with Crippen molar-refractivity contribution in [2.75, 3.05) is 59.9 Å². The molecule has 0 aliphatic carbocycles. The van der Waals surface area contributed by atoms with Crippen LogP contribution in [0, 0.1) is 0 Å². The summed E-state index contributed by atoms with van der Waals surface area (Å²) in [5.74, 6) is 0.506. The number of nitrogens with zero attached hydrogens (tertiary/aromatic N) is 4. The topological polar surface area (TPSA) is 123 Å². The molecule has 3 heterocycles. The van der Waals surface area contributed by atoms with Gasteiger partial charge in [-0.1, -0.05) is 12.1 Å². The predicted molar refractivity (Wildman–Crippen MR) is 115 cm³/mol. The fourth-order valence-corrected chi connectivity index (χ4v) is 4.09. The molecule has 1 atom stereocenters. The Bertz CT molecular complexity index is 863. The number of fused-ring (bicyclic) bond motifs is 3. The monoisotopic (exact) mass is 437 g/mol. The Labute approximate surface area is 178 Å². The average Bonchev–Trinajstić information content (AvgIpc) is 2.73. The second-order valence-corrected chi connectivity index (χ2v) is 9.43. The van der Waals surface area contributed by atoms with Crippen molar-refractivity contribution in [3.8, 4) is 0 Å². The first-order valence-electron chi connectivity index (χ1n) is 10.0. The van der Waals surface area contributed by atoms with Gasteiger partial charge in [-0.25, -0.2) is 18.5 Å². The molecule has 3 aliphatic heterocycles. The summed E-state index contributed by atoms with van der Waals surface area (Å²) >= 11 is 0. The summed E-state index contributed by atoms with van der Waals surface area (Å²) in [6, 6.07) is 6.72. The van der Waals surface area contributed by atoms with Crippen molar-refractivity contribution in [3.05, 3.63) is 29.8 Å². The Hall–Kier alpha value is -2.21. The number of guanidine groups is 1. The van der Waals surface area contributed by atoms with Gasteiger partial charge in [0.25, 0.3) is 0 Å². The van der Waals surface area contributed by atoms with Crippen LogP contribution in [0.1, 0.15) is 5.56 Å². The number of nitrogens with two attached hydrogens (primary N) is 1. The van der Waals surface area contributed by atoms with Gasteiger partial charge in [0.1, 0.15) is 0 Å². The number of sulfonamides is 1. The number of aliphatic imine (C=N–C) groups is 1. The van der Waals surface area contributed by atoms with Crippen molar-refractivity contribution in [1.82, 2.24) is 25.3 Å². The van der Waals surface area contributed by atoms with Crippen molar-refractivity contribution in [3.63, 3.8) is 0 Å². The van der Waals surface area contributed by atoms with E-state index in [9.17, 15) is 13.2 Å². The van der Waals surface area contributed by atoms with Gasteiger partial charge in [0, 0.05) is 59.4 Å². The maximum atomic E-state index is 12.0. The molecular weight excluding hydrogens is 406 g/mol. The lowest BCUT2D eigenvalue weighted by atomic mass is 10.1. The van der Waals surface area contributed by atoms with E-state index in [1.165, 1.54) is 17.0 Å². The minimum Gasteiger partial charge on any atom is -0.355 e. The minimum atomic E-state index is -3.71. The highest BCUT2D eigenvalue weighted by Gasteiger charge is 2.31. The van der Waals surface area contributed by atoms with Crippen LogP contribution in [0.4, 0.5) is 0 Å². The number of nitrogens with one attached hydrogen (secondary N) is 2. The van der Waals surface area contributed by atoms with Gasteiger partial charge in [0.2, 0.25) is 15.9 Å². The summed E-state index contributed by atoms with van der Waals surface area (Å²) in [6.45, 7) is 6.68. The summed E-state index contributed by atoms with van der Waals surface area (Å²) in [5, 5.41) is 11.6. The first kappa shape index (κ1) is 22.5. The van der Waals surface area contributed by atoms with Crippen molar-refractivity contribution >= 4 is 21.9 Å². The molecule has 1 aromatic rings.